The maximum Gasteiger partial charge on any atom is 0.0847 e. The second-order valence-corrected chi connectivity index (χ2v) is 4.82. The van der Waals surface area contributed by atoms with Crippen molar-refractivity contribution < 1.29 is 5.11 Å². The number of benzene rings is 1. The van der Waals surface area contributed by atoms with Gasteiger partial charge in [-0.1, -0.05) is 11.6 Å². The van der Waals surface area contributed by atoms with E-state index in [0.717, 1.165) is 15.7 Å². The smallest absolute Gasteiger partial charge is 0.0847 e. The molecule has 1 aromatic rings. The third kappa shape index (κ3) is 3.83. The maximum absolute atomic E-state index is 9.28. The van der Waals surface area contributed by atoms with E-state index < -0.39 is 6.10 Å². The molecule has 1 aromatic carbocycles. The van der Waals surface area contributed by atoms with E-state index >= 15 is 0 Å². The number of hydrogen-bond acceptors (Lipinski definition) is 2. The van der Waals surface area contributed by atoms with Gasteiger partial charge < -0.3 is 10.4 Å². The lowest BCUT2D eigenvalue weighted by Crippen LogP contribution is -2.20. The zero-order valence-electron chi connectivity index (χ0n) is 8.23. The first-order chi connectivity index (χ1) is 7.04. The third-order valence-corrected chi connectivity index (χ3v) is 3.64. The minimum absolute atomic E-state index is 0.223. The molecule has 0 aliphatic heterocycles. The number of halogens is 3. The molecule has 0 aromatic heterocycles. The fourth-order valence-corrected chi connectivity index (χ4v) is 1.90. The van der Waals surface area contributed by atoms with Gasteiger partial charge in [-0.2, -0.15) is 0 Å². The van der Waals surface area contributed by atoms with Crippen molar-refractivity contribution in [2.24, 2.45) is 0 Å². The van der Waals surface area contributed by atoms with E-state index in [1.165, 1.54) is 0 Å². The topological polar surface area (TPSA) is 32.3 Å². The van der Waals surface area contributed by atoms with E-state index in [4.69, 9.17) is 23.2 Å². The molecule has 0 aliphatic rings. The fraction of sp³-hybridized carbons (Fsp3) is 0.400. The molecule has 1 rings (SSSR count). The Morgan fingerprint density at radius 3 is 2.73 bits per heavy atom. The number of aliphatic hydroxyl groups is 1. The highest BCUT2D eigenvalue weighted by Crippen LogP contribution is 2.29. The molecule has 0 saturated heterocycles. The molecular weight excluding hydrogens is 301 g/mol. The lowest BCUT2D eigenvalue weighted by molar-refractivity contribution is 0.211. The largest absolute Gasteiger partial charge is 0.390 e. The Hall–Kier alpha value is 0.0400. The number of alkyl halides is 1. The van der Waals surface area contributed by atoms with Crippen LogP contribution >= 0.6 is 39.1 Å². The van der Waals surface area contributed by atoms with E-state index in [9.17, 15) is 5.11 Å². The molecule has 0 aliphatic carbocycles. The number of aliphatic hydroxyl groups excluding tert-OH is 1. The van der Waals surface area contributed by atoms with Crippen LogP contribution in [-0.2, 0) is 0 Å². The molecule has 0 saturated carbocycles. The second-order valence-electron chi connectivity index (χ2n) is 3.28. The van der Waals surface area contributed by atoms with Crippen LogP contribution < -0.4 is 5.32 Å². The van der Waals surface area contributed by atoms with Crippen molar-refractivity contribution in [2.45, 2.75) is 13.0 Å². The standard InChI is InChI=1S/C10H12BrCl2NO/c1-6-2-7(3-9(11)10(6)13)14-5-8(15)4-12/h2-3,8,14-15H,4-5H2,1H3. The average Bonchev–Trinajstić information content (AvgIpc) is 2.22. The van der Waals surface area contributed by atoms with Crippen molar-refractivity contribution in [3.05, 3.63) is 27.2 Å². The lowest BCUT2D eigenvalue weighted by atomic mass is 10.2. The average molecular weight is 313 g/mol. The molecule has 0 amide bonds. The van der Waals surface area contributed by atoms with Crippen molar-refractivity contribution in [1.29, 1.82) is 0 Å². The van der Waals surface area contributed by atoms with Gasteiger partial charge in [0.15, 0.2) is 0 Å². The molecule has 1 atom stereocenters. The van der Waals surface area contributed by atoms with Crippen molar-refractivity contribution in [2.75, 3.05) is 17.7 Å². The number of anilines is 1. The number of rotatable bonds is 4. The third-order valence-electron chi connectivity index (χ3n) is 1.93. The van der Waals surface area contributed by atoms with Crippen LogP contribution in [0.1, 0.15) is 5.56 Å². The molecule has 5 heteroatoms. The molecule has 2 N–H and O–H groups in total. The van der Waals surface area contributed by atoms with Gasteiger partial charge in [0.25, 0.3) is 0 Å². The van der Waals surface area contributed by atoms with Gasteiger partial charge in [-0.05, 0) is 40.5 Å². The van der Waals surface area contributed by atoms with Crippen LogP contribution in [0.4, 0.5) is 5.69 Å². The lowest BCUT2D eigenvalue weighted by Gasteiger charge is -2.12. The molecule has 2 nitrogen and oxygen atoms in total. The molecule has 1 unspecified atom stereocenters. The quantitative estimate of drug-likeness (QED) is 0.835. The Morgan fingerprint density at radius 1 is 1.53 bits per heavy atom. The molecule has 0 spiro atoms. The van der Waals surface area contributed by atoms with Crippen LogP contribution in [-0.4, -0.2) is 23.6 Å². The zero-order valence-corrected chi connectivity index (χ0v) is 11.3. The summed E-state index contributed by atoms with van der Waals surface area (Å²) >= 11 is 14.8. The zero-order chi connectivity index (χ0) is 11.4. The SMILES string of the molecule is Cc1cc(NCC(O)CCl)cc(Br)c1Cl. The first-order valence-corrected chi connectivity index (χ1v) is 6.18. The van der Waals surface area contributed by atoms with Gasteiger partial charge in [0.05, 0.1) is 17.0 Å². The summed E-state index contributed by atoms with van der Waals surface area (Å²) in [5.74, 6) is 0.223. The maximum atomic E-state index is 9.28. The Balaban J connectivity index is 2.70. The van der Waals surface area contributed by atoms with E-state index in [1.54, 1.807) is 0 Å². The van der Waals surface area contributed by atoms with Gasteiger partial charge in [-0.3, -0.25) is 0 Å². The summed E-state index contributed by atoms with van der Waals surface area (Å²) in [6, 6.07) is 3.80. The summed E-state index contributed by atoms with van der Waals surface area (Å²) in [6.45, 7) is 2.35. The van der Waals surface area contributed by atoms with Crippen LogP contribution in [0.2, 0.25) is 5.02 Å². The minimum atomic E-state index is -0.540. The molecule has 0 fully saturated rings. The summed E-state index contributed by atoms with van der Waals surface area (Å²) in [7, 11) is 0. The fourth-order valence-electron chi connectivity index (χ4n) is 1.12. The number of aryl methyl sites for hydroxylation is 1. The highest BCUT2D eigenvalue weighted by Gasteiger charge is 2.05. The summed E-state index contributed by atoms with van der Waals surface area (Å²) in [6.07, 6.45) is -0.540. The van der Waals surface area contributed by atoms with E-state index in [0.29, 0.717) is 11.6 Å². The summed E-state index contributed by atoms with van der Waals surface area (Å²) < 4.78 is 0.840. The minimum Gasteiger partial charge on any atom is -0.390 e. The van der Waals surface area contributed by atoms with Crippen LogP contribution in [0.3, 0.4) is 0 Å². The van der Waals surface area contributed by atoms with Gasteiger partial charge in [0.1, 0.15) is 0 Å². The van der Waals surface area contributed by atoms with Gasteiger partial charge in [0, 0.05) is 16.7 Å². The molecule has 15 heavy (non-hydrogen) atoms. The highest BCUT2D eigenvalue weighted by molar-refractivity contribution is 9.10. The van der Waals surface area contributed by atoms with E-state index in [-0.39, 0.29) is 5.88 Å². The molecule has 0 heterocycles. The van der Waals surface area contributed by atoms with Gasteiger partial charge in [-0.15, -0.1) is 11.6 Å². The molecule has 0 bridgehead atoms. The predicted molar refractivity (Wildman–Crippen MR) is 69.1 cm³/mol. The Labute approximate surface area is 108 Å². The molecule has 0 radical (unpaired) electrons. The van der Waals surface area contributed by atoms with E-state index in [2.05, 4.69) is 21.2 Å². The van der Waals surface area contributed by atoms with Gasteiger partial charge >= 0.3 is 0 Å². The molecular formula is C10H12BrCl2NO. The highest BCUT2D eigenvalue weighted by atomic mass is 79.9. The van der Waals surface area contributed by atoms with Crippen LogP contribution in [0.5, 0.6) is 0 Å². The first kappa shape index (κ1) is 13.1. The van der Waals surface area contributed by atoms with Crippen molar-refractivity contribution >= 4 is 44.8 Å². The molecule has 84 valence electrons. The predicted octanol–water partition coefficient (Wildman–Crippen LogP) is 3.42. The van der Waals surface area contributed by atoms with Crippen LogP contribution in [0.25, 0.3) is 0 Å². The van der Waals surface area contributed by atoms with E-state index in [1.807, 2.05) is 19.1 Å². The van der Waals surface area contributed by atoms with Crippen molar-refractivity contribution in [3.8, 4) is 0 Å². The summed E-state index contributed by atoms with van der Waals surface area (Å²) in [5.41, 5.74) is 1.89. The van der Waals surface area contributed by atoms with Gasteiger partial charge in [0.2, 0.25) is 0 Å². The summed E-state index contributed by atoms with van der Waals surface area (Å²) in [4.78, 5) is 0. The monoisotopic (exact) mass is 311 g/mol. The second kappa shape index (κ2) is 5.94. The normalized spacial score (nSPS) is 12.6. The number of hydrogen-bond donors (Lipinski definition) is 2. The summed E-state index contributed by atoms with van der Waals surface area (Å²) in [5, 5.41) is 13.1. The number of nitrogens with one attached hydrogen (secondary N) is 1. The Morgan fingerprint density at radius 2 is 2.20 bits per heavy atom. The van der Waals surface area contributed by atoms with Crippen molar-refractivity contribution in [3.63, 3.8) is 0 Å². The van der Waals surface area contributed by atoms with Crippen LogP contribution in [0.15, 0.2) is 16.6 Å². The Kier molecular flexibility index (Phi) is 5.19. The Bertz CT molecular complexity index is 323. The first-order valence-electron chi connectivity index (χ1n) is 4.48. The van der Waals surface area contributed by atoms with Crippen LogP contribution in [0, 0.1) is 6.92 Å². The van der Waals surface area contributed by atoms with Gasteiger partial charge in [-0.25, -0.2) is 0 Å². The van der Waals surface area contributed by atoms with Crippen molar-refractivity contribution in [1.82, 2.24) is 0 Å².